The lowest BCUT2D eigenvalue weighted by atomic mass is 10.0. The molecule has 0 aliphatic carbocycles. The van der Waals surface area contributed by atoms with Crippen LogP contribution in [0.2, 0.25) is 5.02 Å². The fourth-order valence-corrected chi connectivity index (χ4v) is 1.91. The Morgan fingerprint density at radius 3 is 2.65 bits per heavy atom. The minimum absolute atomic E-state index is 0.0293. The highest BCUT2D eigenvalue weighted by atomic mass is 35.5. The van der Waals surface area contributed by atoms with Crippen LogP contribution < -0.4 is 4.74 Å². The van der Waals surface area contributed by atoms with Gasteiger partial charge in [-0.1, -0.05) is 11.6 Å². The largest absolute Gasteiger partial charge is 0.492 e. The van der Waals surface area contributed by atoms with Crippen molar-refractivity contribution in [1.29, 1.82) is 0 Å². The zero-order valence-corrected chi connectivity index (χ0v) is 10.9. The lowest BCUT2D eigenvalue weighted by molar-refractivity contribution is 0.0690. The molecule has 1 heterocycles. The van der Waals surface area contributed by atoms with E-state index < -0.39 is 23.3 Å². The topological polar surface area (TPSA) is 59.4 Å². The Bertz CT molecular complexity index is 692. The number of rotatable bonds is 3. The SMILES string of the molecule is COc1c(Cl)ccc(-c2cc(C(=O)O)ncc2F)c1F. The van der Waals surface area contributed by atoms with E-state index in [1.54, 1.807) is 0 Å². The highest BCUT2D eigenvalue weighted by Crippen LogP contribution is 2.35. The van der Waals surface area contributed by atoms with Crippen LogP contribution in [0.4, 0.5) is 8.78 Å². The second kappa shape index (κ2) is 5.42. The van der Waals surface area contributed by atoms with Crippen LogP contribution in [-0.4, -0.2) is 23.2 Å². The summed E-state index contributed by atoms with van der Waals surface area (Å²) in [4.78, 5) is 14.2. The maximum atomic E-state index is 14.2. The second-order valence-electron chi connectivity index (χ2n) is 3.80. The van der Waals surface area contributed by atoms with Crippen LogP contribution >= 0.6 is 11.6 Å². The van der Waals surface area contributed by atoms with E-state index in [-0.39, 0.29) is 21.9 Å². The molecule has 0 unspecified atom stereocenters. The molecule has 4 nitrogen and oxygen atoms in total. The summed E-state index contributed by atoms with van der Waals surface area (Å²) in [6.07, 6.45) is 0.722. The fourth-order valence-electron chi connectivity index (χ4n) is 1.69. The summed E-state index contributed by atoms with van der Waals surface area (Å²) in [5.41, 5.74) is -0.784. The number of nitrogens with zero attached hydrogens (tertiary/aromatic N) is 1. The first kappa shape index (κ1) is 14.2. The first-order valence-corrected chi connectivity index (χ1v) is 5.74. The predicted octanol–water partition coefficient (Wildman–Crippen LogP) is 3.39. The fraction of sp³-hybridized carbons (Fsp3) is 0.0769. The van der Waals surface area contributed by atoms with E-state index in [0.717, 1.165) is 12.3 Å². The number of benzene rings is 1. The molecule has 2 aromatic rings. The highest BCUT2D eigenvalue weighted by molar-refractivity contribution is 6.32. The van der Waals surface area contributed by atoms with Crippen molar-refractivity contribution in [3.05, 3.63) is 46.7 Å². The summed E-state index contributed by atoms with van der Waals surface area (Å²) in [5.74, 6) is -3.30. The Balaban J connectivity index is 2.68. The van der Waals surface area contributed by atoms with E-state index in [2.05, 4.69) is 4.98 Å². The molecular formula is C13H8ClF2NO3. The van der Waals surface area contributed by atoms with E-state index in [1.807, 2.05) is 0 Å². The van der Waals surface area contributed by atoms with Crippen LogP contribution in [0, 0.1) is 11.6 Å². The lowest BCUT2D eigenvalue weighted by Crippen LogP contribution is -2.02. The summed E-state index contributed by atoms with van der Waals surface area (Å²) in [5, 5.41) is 8.87. The lowest BCUT2D eigenvalue weighted by Gasteiger charge is -2.10. The van der Waals surface area contributed by atoms with Gasteiger partial charge in [0.05, 0.1) is 18.3 Å². The second-order valence-corrected chi connectivity index (χ2v) is 4.20. The summed E-state index contributed by atoms with van der Waals surface area (Å²) in [7, 11) is 1.22. The zero-order valence-electron chi connectivity index (χ0n) is 10.2. The number of pyridine rings is 1. The molecule has 0 atom stereocenters. The van der Waals surface area contributed by atoms with Crippen LogP contribution in [0.25, 0.3) is 11.1 Å². The van der Waals surface area contributed by atoms with Gasteiger partial charge in [0.2, 0.25) is 0 Å². The third-order valence-electron chi connectivity index (χ3n) is 2.62. The molecule has 0 fully saturated rings. The number of carbonyl (C=O) groups is 1. The van der Waals surface area contributed by atoms with Crippen LogP contribution in [0.1, 0.15) is 10.5 Å². The van der Waals surface area contributed by atoms with Crippen molar-refractivity contribution < 1.29 is 23.4 Å². The molecule has 7 heteroatoms. The normalized spacial score (nSPS) is 10.4. The quantitative estimate of drug-likeness (QED) is 0.944. The van der Waals surface area contributed by atoms with Gasteiger partial charge in [0.15, 0.2) is 11.6 Å². The Labute approximate surface area is 117 Å². The van der Waals surface area contributed by atoms with E-state index in [0.29, 0.717) is 0 Å². The molecule has 0 saturated carbocycles. The summed E-state index contributed by atoms with van der Waals surface area (Å²) >= 11 is 5.75. The van der Waals surface area contributed by atoms with E-state index in [1.165, 1.54) is 19.2 Å². The summed E-state index contributed by atoms with van der Waals surface area (Å²) < 4.78 is 32.7. The molecule has 2 rings (SSSR count). The third kappa shape index (κ3) is 2.42. The van der Waals surface area contributed by atoms with Gasteiger partial charge in [-0.3, -0.25) is 0 Å². The molecule has 0 bridgehead atoms. The van der Waals surface area contributed by atoms with Gasteiger partial charge in [0, 0.05) is 11.1 Å². The van der Waals surface area contributed by atoms with E-state index >= 15 is 0 Å². The molecule has 1 aromatic carbocycles. The van der Waals surface area contributed by atoms with E-state index in [9.17, 15) is 13.6 Å². The molecule has 20 heavy (non-hydrogen) atoms. The van der Waals surface area contributed by atoms with Crippen LogP contribution in [0.15, 0.2) is 24.4 Å². The molecule has 0 amide bonds. The average molecular weight is 300 g/mol. The Kier molecular flexibility index (Phi) is 3.85. The number of ether oxygens (including phenoxy) is 1. The van der Waals surface area contributed by atoms with Crippen molar-refractivity contribution in [1.82, 2.24) is 4.98 Å². The number of aromatic nitrogens is 1. The molecular weight excluding hydrogens is 292 g/mol. The number of methoxy groups -OCH3 is 1. The molecule has 0 radical (unpaired) electrons. The molecule has 0 saturated heterocycles. The first-order valence-electron chi connectivity index (χ1n) is 5.37. The van der Waals surface area contributed by atoms with Crippen LogP contribution in [-0.2, 0) is 0 Å². The monoisotopic (exact) mass is 299 g/mol. The van der Waals surface area contributed by atoms with Gasteiger partial charge in [-0.05, 0) is 18.2 Å². The van der Waals surface area contributed by atoms with Crippen molar-refractivity contribution in [3.8, 4) is 16.9 Å². The van der Waals surface area contributed by atoms with Crippen molar-refractivity contribution in [2.24, 2.45) is 0 Å². The van der Waals surface area contributed by atoms with Crippen molar-refractivity contribution in [2.75, 3.05) is 7.11 Å². The van der Waals surface area contributed by atoms with Gasteiger partial charge in [0.25, 0.3) is 0 Å². The zero-order chi connectivity index (χ0) is 14.9. The number of halogens is 3. The van der Waals surface area contributed by atoms with Gasteiger partial charge < -0.3 is 9.84 Å². The summed E-state index contributed by atoms with van der Waals surface area (Å²) in [6.45, 7) is 0. The van der Waals surface area contributed by atoms with Gasteiger partial charge in [-0.2, -0.15) is 0 Å². The van der Waals surface area contributed by atoms with Crippen LogP contribution in [0.5, 0.6) is 5.75 Å². The van der Waals surface area contributed by atoms with Gasteiger partial charge in [0.1, 0.15) is 11.5 Å². The Morgan fingerprint density at radius 2 is 2.05 bits per heavy atom. The number of carboxylic acid groups (broad SMARTS) is 1. The van der Waals surface area contributed by atoms with Crippen molar-refractivity contribution >= 4 is 17.6 Å². The Morgan fingerprint density at radius 1 is 1.35 bits per heavy atom. The van der Waals surface area contributed by atoms with Crippen molar-refractivity contribution in [3.63, 3.8) is 0 Å². The molecule has 1 N–H and O–H groups in total. The van der Waals surface area contributed by atoms with Crippen molar-refractivity contribution in [2.45, 2.75) is 0 Å². The third-order valence-corrected chi connectivity index (χ3v) is 2.92. The van der Waals surface area contributed by atoms with E-state index in [4.69, 9.17) is 21.4 Å². The standard InChI is InChI=1S/C13H8ClF2NO3/c1-20-12-8(14)3-2-6(11(12)16)7-4-10(13(18)19)17-5-9(7)15/h2-5H,1H3,(H,18,19). The van der Waals surface area contributed by atoms with Gasteiger partial charge in [-0.25, -0.2) is 18.6 Å². The number of hydrogen-bond acceptors (Lipinski definition) is 3. The maximum Gasteiger partial charge on any atom is 0.354 e. The van der Waals surface area contributed by atoms with Gasteiger partial charge in [-0.15, -0.1) is 0 Å². The smallest absolute Gasteiger partial charge is 0.354 e. The summed E-state index contributed by atoms with van der Waals surface area (Å²) in [6, 6.07) is 3.52. The Hall–Kier alpha value is -2.21. The predicted molar refractivity (Wildman–Crippen MR) is 68.1 cm³/mol. The molecule has 0 spiro atoms. The van der Waals surface area contributed by atoms with Gasteiger partial charge >= 0.3 is 5.97 Å². The molecule has 0 aliphatic heterocycles. The highest BCUT2D eigenvalue weighted by Gasteiger charge is 2.19. The molecule has 0 aliphatic rings. The number of carboxylic acids is 1. The minimum atomic E-state index is -1.34. The molecule has 104 valence electrons. The average Bonchev–Trinajstić information content (AvgIpc) is 2.40. The van der Waals surface area contributed by atoms with Crippen LogP contribution in [0.3, 0.4) is 0 Å². The molecule has 1 aromatic heterocycles. The minimum Gasteiger partial charge on any atom is -0.492 e. The number of aromatic carboxylic acids is 1. The maximum absolute atomic E-state index is 14.2. The first-order chi connectivity index (χ1) is 9.45. The number of hydrogen-bond donors (Lipinski definition) is 1.